The van der Waals surface area contributed by atoms with Crippen molar-refractivity contribution in [1.82, 2.24) is 9.38 Å². The molecule has 0 unspecified atom stereocenters. The van der Waals surface area contributed by atoms with E-state index in [1.807, 2.05) is 42.0 Å². The molecule has 4 rings (SSSR count). The summed E-state index contributed by atoms with van der Waals surface area (Å²) in [6, 6.07) is 14.4. The van der Waals surface area contributed by atoms with Gasteiger partial charge < -0.3 is 5.32 Å². The number of benzene rings is 2. The molecule has 0 atom stereocenters. The molecule has 0 saturated heterocycles. The van der Waals surface area contributed by atoms with Crippen LogP contribution in [0.5, 0.6) is 0 Å². The summed E-state index contributed by atoms with van der Waals surface area (Å²) >= 11 is 1.56. The number of anilines is 1. The van der Waals surface area contributed by atoms with E-state index in [2.05, 4.69) is 42.6 Å². The highest BCUT2D eigenvalue weighted by Crippen LogP contribution is 2.24. The largest absolute Gasteiger partial charge is 0.326 e. The van der Waals surface area contributed by atoms with Crippen LogP contribution < -0.4 is 5.32 Å². The number of hydrogen-bond acceptors (Lipinski definition) is 3. The van der Waals surface area contributed by atoms with Crippen molar-refractivity contribution in [2.45, 2.75) is 27.2 Å². The Morgan fingerprint density at radius 2 is 1.74 bits per heavy atom. The molecule has 2 heterocycles. The Morgan fingerprint density at radius 1 is 1.04 bits per heavy atom. The van der Waals surface area contributed by atoms with Crippen LogP contribution in [0.4, 0.5) is 5.69 Å². The van der Waals surface area contributed by atoms with Gasteiger partial charge in [-0.05, 0) is 44.0 Å². The standard InChI is InChI=1S/C22H21N3OS/c1-14-4-6-17(7-5-14)20-12-25-19(13-27-22(25)24-20)11-21(26)23-18-9-15(2)8-16(3)10-18/h4-10,12-13H,11H2,1-3H3,(H,23,26). The number of amides is 1. The second-order valence-corrected chi connectivity index (χ2v) is 7.81. The Hall–Kier alpha value is -2.92. The van der Waals surface area contributed by atoms with E-state index in [0.717, 1.165) is 38.7 Å². The minimum Gasteiger partial charge on any atom is -0.326 e. The number of carbonyl (C=O) groups is 1. The van der Waals surface area contributed by atoms with Gasteiger partial charge in [0.2, 0.25) is 5.91 Å². The summed E-state index contributed by atoms with van der Waals surface area (Å²) in [5.74, 6) is -0.0229. The molecule has 0 fully saturated rings. The van der Waals surface area contributed by atoms with E-state index in [4.69, 9.17) is 4.98 Å². The molecule has 0 saturated carbocycles. The maximum absolute atomic E-state index is 12.5. The molecular weight excluding hydrogens is 354 g/mol. The van der Waals surface area contributed by atoms with Gasteiger partial charge in [0.15, 0.2) is 4.96 Å². The zero-order valence-electron chi connectivity index (χ0n) is 15.6. The number of fused-ring (bicyclic) bond motifs is 1. The fourth-order valence-electron chi connectivity index (χ4n) is 3.24. The average molecular weight is 375 g/mol. The van der Waals surface area contributed by atoms with Crippen LogP contribution in [0.2, 0.25) is 0 Å². The van der Waals surface area contributed by atoms with Crippen LogP contribution in [0, 0.1) is 20.8 Å². The normalized spacial score (nSPS) is 11.1. The highest BCUT2D eigenvalue weighted by molar-refractivity contribution is 7.15. The van der Waals surface area contributed by atoms with Gasteiger partial charge >= 0.3 is 0 Å². The van der Waals surface area contributed by atoms with Crippen LogP contribution in [0.3, 0.4) is 0 Å². The lowest BCUT2D eigenvalue weighted by Gasteiger charge is -2.07. The molecular formula is C22H21N3OS. The highest BCUT2D eigenvalue weighted by Gasteiger charge is 2.13. The van der Waals surface area contributed by atoms with Crippen LogP contribution in [0.25, 0.3) is 16.2 Å². The Balaban J connectivity index is 1.55. The summed E-state index contributed by atoms with van der Waals surface area (Å²) in [6.45, 7) is 6.13. The number of rotatable bonds is 4. The number of carbonyl (C=O) groups excluding carboxylic acids is 1. The lowest BCUT2D eigenvalue weighted by atomic mass is 10.1. The summed E-state index contributed by atoms with van der Waals surface area (Å²) in [5.41, 5.74) is 7.31. The molecule has 2 aromatic heterocycles. The summed E-state index contributed by atoms with van der Waals surface area (Å²) in [5, 5.41) is 5.01. The van der Waals surface area contributed by atoms with Gasteiger partial charge in [-0.15, -0.1) is 11.3 Å². The monoisotopic (exact) mass is 375 g/mol. The first-order valence-corrected chi connectivity index (χ1v) is 9.76. The number of aryl methyl sites for hydroxylation is 3. The molecule has 0 aliphatic rings. The Bertz CT molecular complexity index is 1100. The van der Waals surface area contributed by atoms with Gasteiger partial charge in [-0.25, -0.2) is 4.98 Å². The third kappa shape index (κ3) is 3.78. The van der Waals surface area contributed by atoms with Crippen LogP contribution >= 0.6 is 11.3 Å². The smallest absolute Gasteiger partial charge is 0.230 e. The van der Waals surface area contributed by atoms with Crippen LogP contribution in [-0.4, -0.2) is 15.3 Å². The van der Waals surface area contributed by atoms with E-state index >= 15 is 0 Å². The molecule has 0 radical (unpaired) electrons. The van der Waals surface area contributed by atoms with Crippen molar-refractivity contribution < 1.29 is 4.79 Å². The molecule has 0 aliphatic carbocycles. The SMILES string of the molecule is Cc1ccc(-c2cn3c(CC(=O)Nc4cc(C)cc(C)c4)csc3n2)cc1. The van der Waals surface area contributed by atoms with E-state index < -0.39 is 0 Å². The minimum absolute atomic E-state index is 0.0229. The molecule has 27 heavy (non-hydrogen) atoms. The van der Waals surface area contributed by atoms with Gasteiger partial charge in [-0.1, -0.05) is 35.9 Å². The van der Waals surface area contributed by atoms with Crippen LogP contribution in [0.15, 0.2) is 54.0 Å². The van der Waals surface area contributed by atoms with Gasteiger partial charge in [0, 0.05) is 28.5 Å². The molecule has 4 nitrogen and oxygen atoms in total. The van der Waals surface area contributed by atoms with Crippen molar-refractivity contribution in [1.29, 1.82) is 0 Å². The number of nitrogens with zero attached hydrogens (tertiary/aromatic N) is 2. The fraction of sp³-hybridized carbons (Fsp3) is 0.182. The second kappa shape index (κ2) is 7.00. The molecule has 136 valence electrons. The third-order valence-electron chi connectivity index (χ3n) is 4.48. The molecule has 5 heteroatoms. The molecule has 2 aromatic carbocycles. The van der Waals surface area contributed by atoms with Crippen molar-refractivity contribution in [3.63, 3.8) is 0 Å². The highest BCUT2D eigenvalue weighted by atomic mass is 32.1. The maximum Gasteiger partial charge on any atom is 0.230 e. The van der Waals surface area contributed by atoms with Crippen molar-refractivity contribution in [3.05, 3.63) is 76.4 Å². The topological polar surface area (TPSA) is 46.4 Å². The van der Waals surface area contributed by atoms with Crippen molar-refractivity contribution >= 4 is 27.9 Å². The van der Waals surface area contributed by atoms with E-state index in [9.17, 15) is 4.79 Å². The first-order chi connectivity index (χ1) is 13.0. The Kier molecular flexibility index (Phi) is 4.54. The predicted octanol–water partition coefficient (Wildman–Crippen LogP) is 5.17. The van der Waals surface area contributed by atoms with Crippen LogP contribution in [0.1, 0.15) is 22.4 Å². The first-order valence-electron chi connectivity index (χ1n) is 8.88. The lowest BCUT2D eigenvalue weighted by molar-refractivity contribution is -0.115. The molecule has 1 amide bonds. The molecule has 1 N–H and O–H groups in total. The summed E-state index contributed by atoms with van der Waals surface area (Å²) < 4.78 is 2.01. The second-order valence-electron chi connectivity index (χ2n) is 6.97. The summed E-state index contributed by atoms with van der Waals surface area (Å²) in [4.78, 5) is 18.1. The van der Waals surface area contributed by atoms with Gasteiger partial charge in [0.25, 0.3) is 0 Å². The van der Waals surface area contributed by atoms with Gasteiger partial charge in [-0.3, -0.25) is 9.20 Å². The van der Waals surface area contributed by atoms with E-state index in [-0.39, 0.29) is 5.91 Å². The van der Waals surface area contributed by atoms with E-state index in [0.29, 0.717) is 6.42 Å². The molecule has 4 aromatic rings. The number of imidazole rings is 1. The van der Waals surface area contributed by atoms with Gasteiger partial charge in [-0.2, -0.15) is 0 Å². The summed E-state index contributed by atoms with van der Waals surface area (Å²) in [7, 11) is 0. The Morgan fingerprint density at radius 3 is 2.44 bits per heavy atom. The third-order valence-corrected chi connectivity index (χ3v) is 5.37. The van der Waals surface area contributed by atoms with Crippen molar-refractivity contribution in [2.24, 2.45) is 0 Å². The van der Waals surface area contributed by atoms with E-state index in [1.165, 1.54) is 5.56 Å². The average Bonchev–Trinajstić information content (AvgIpc) is 3.16. The number of nitrogens with one attached hydrogen (secondary N) is 1. The van der Waals surface area contributed by atoms with Crippen molar-refractivity contribution in [2.75, 3.05) is 5.32 Å². The fourth-order valence-corrected chi connectivity index (χ4v) is 4.11. The number of hydrogen-bond donors (Lipinski definition) is 1. The van der Waals surface area contributed by atoms with E-state index in [1.54, 1.807) is 11.3 Å². The van der Waals surface area contributed by atoms with Gasteiger partial charge in [0.1, 0.15) is 0 Å². The molecule has 0 aliphatic heterocycles. The minimum atomic E-state index is -0.0229. The molecule has 0 spiro atoms. The summed E-state index contributed by atoms with van der Waals surface area (Å²) in [6.07, 6.45) is 2.33. The number of thiazole rings is 1. The quantitative estimate of drug-likeness (QED) is 0.535. The maximum atomic E-state index is 12.5. The zero-order valence-corrected chi connectivity index (χ0v) is 16.4. The van der Waals surface area contributed by atoms with Crippen LogP contribution in [-0.2, 0) is 11.2 Å². The van der Waals surface area contributed by atoms with Gasteiger partial charge in [0.05, 0.1) is 12.1 Å². The predicted molar refractivity (Wildman–Crippen MR) is 111 cm³/mol. The first kappa shape index (κ1) is 17.5. The van der Waals surface area contributed by atoms with Crippen molar-refractivity contribution in [3.8, 4) is 11.3 Å². The number of aromatic nitrogens is 2. The molecule has 0 bridgehead atoms. The Labute approximate surface area is 162 Å². The zero-order chi connectivity index (χ0) is 19.0. The lowest BCUT2D eigenvalue weighted by Crippen LogP contribution is -2.15.